The van der Waals surface area contributed by atoms with Gasteiger partial charge in [-0.15, -0.1) is 11.3 Å². The summed E-state index contributed by atoms with van der Waals surface area (Å²) in [4.78, 5) is 23.8. The van der Waals surface area contributed by atoms with Gasteiger partial charge < -0.3 is 4.74 Å². The lowest BCUT2D eigenvalue weighted by molar-refractivity contribution is -0.141. The van der Waals surface area contributed by atoms with Crippen LogP contribution in [0.25, 0.3) is 10.8 Å². The lowest BCUT2D eigenvalue weighted by atomic mass is 10.1. The van der Waals surface area contributed by atoms with Crippen molar-refractivity contribution in [3.8, 4) is 0 Å². The molecular formula is C13H12O3S. The van der Waals surface area contributed by atoms with Crippen molar-refractivity contribution in [1.82, 2.24) is 0 Å². The summed E-state index contributed by atoms with van der Waals surface area (Å²) in [6.45, 7) is 2.03. The molecule has 0 amide bonds. The number of ether oxygens (including phenoxy) is 1. The highest BCUT2D eigenvalue weighted by Crippen LogP contribution is 2.26. The molecule has 0 N–H and O–H groups in total. The smallest absolute Gasteiger partial charge is 0.313 e. The lowest BCUT2D eigenvalue weighted by Gasteiger charge is -2.00. The third kappa shape index (κ3) is 2.53. The van der Waals surface area contributed by atoms with Crippen molar-refractivity contribution in [2.45, 2.75) is 13.3 Å². The maximum atomic E-state index is 11.9. The Balaban J connectivity index is 2.22. The minimum atomic E-state index is -0.463. The first-order valence-corrected chi connectivity index (χ1v) is 6.25. The van der Waals surface area contributed by atoms with Crippen LogP contribution in [-0.4, -0.2) is 18.4 Å². The molecule has 88 valence electrons. The van der Waals surface area contributed by atoms with Crippen LogP contribution < -0.4 is 0 Å². The highest BCUT2D eigenvalue weighted by Gasteiger charge is 2.16. The third-order valence-electron chi connectivity index (χ3n) is 2.37. The van der Waals surface area contributed by atoms with Crippen molar-refractivity contribution < 1.29 is 14.3 Å². The minimum Gasteiger partial charge on any atom is -0.466 e. The van der Waals surface area contributed by atoms with Crippen LogP contribution in [0.3, 0.4) is 0 Å². The highest BCUT2D eigenvalue weighted by molar-refractivity contribution is 7.13. The van der Waals surface area contributed by atoms with Gasteiger partial charge in [0.1, 0.15) is 6.42 Å². The van der Waals surface area contributed by atoms with Gasteiger partial charge in [-0.05, 0) is 17.7 Å². The number of ketones is 1. The fraction of sp³-hybridized carbons (Fsp3) is 0.231. The topological polar surface area (TPSA) is 43.4 Å². The van der Waals surface area contributed by atoms with Crippen molar-refractivity contribution in [3.05, 3.63) is 34.5 Å². The summed E-state index contributed by atoms with van der Waals surface area (Å²) >= 11 is 1.37. The van der Waals surface area contributed by atoms with Crippen molar-refractivity contribution in [3.63, 3.8) is 0 Å². The molecule has 3 nitrogen and oxygen atoms in total. The zero-order valence-corrected chi connectivity index (χ0v) is 10.3. The molecule has 0 radical (unpaired) electrons. The van der Waals surface area contributed by atoms with Crippen molar-refractivity contribution in [1.29, 1.82) is 0 Å². The summed E-state index contributed by atoms with van der Waals surface area (Å²) in [5, 5.41) is 3.87. The molecule has 17 heavy (non-hydrogen) atoms. The van der Waals surface area contributed by atoms with Crippen LogP contribution in [0.4, 0.5) is 0 Å². The van der Waals surface area contributed by atoms with Gasteiger partial charge in [-0.3, -0.25) is 9.59 Å². The van der Waals surface area contributed by atoms with Crippen LogP contribution in [0.1, 0.15) is 23.0 Å². The van der Waals surface area contributed by atoms with Gasteiger partial charge in [0.05, 0.1) is 11.5 Å². The van der Waals surface area contributed by atoms with Gasteiger partial charge in [-0.25, -0.2) is 0 Å². The minimum absolute atomic E-state index is 0.172. The average Bonchev–Trinajstić information content (AvgIpc) is 2.72. The van der Waals surface area contributed by atoms with Crippen molar-refractivity contribution >= 4 is 33.9 Å². The Kier molecular flexibility index (Phi) is 3.54. The Morgan fingerprint density at radius 2 is 2.06 bits per heavy atom. The molecule has 0 aliphatic heterocycles. The second-order valence-electron chi connectivity index (χ2n) is 3.56. The van der Waals surface area contributed by atoms with Crippen LogP contribution in [0.5, 0.6) is 0 Å². The zero-order chi connectivity index (χ0) is 12.3. The van der Waals surface area contributed by atoms with Gasteiger partial charge in [0.25, 0.3) is 0 Å². The van der Waals surface area contributed by atoms with Crippen LogP contribution in [0.2, 0.25) is 0 Å². The molecule has 1 aromatic carbocycles. The number of hydrogen-bond acceptors (Lipinski definition) is 4. The van der Waals surface area contributed by atoms with E-state index < -0.39 is 5.97 Å². The molecular weight excluding hydrogens is 236 g/mol. The van der Waals surface area contributed by atoms with Gasteiger partial charge in [-0.2, -0.15) is 0 Å². The van der Waals surface area contributed by atoms with E-state index in [1.165, 1.54) is 11.3 Å². The lowest BCUT2D eigenvalue weighted by Crippen LogP contribution is -2.10. The largest absolute Gasteiger partial charge is 0.466 e. The second kappa shape index (κ2) is 5.10. The van der Waals surface area contributed by atoms with Crippen molar-refractivity contribution in [2.24, 2.45) is 0 Å². The maximum Gasteiger partial charge on any atom is 0.313 e. The van der Waals surface area contributed by atoms with E-state index in [9.17, 15) is 9.59 Å². The number of rotatable bonds is 4. The van der Waals surface area contributed by atoms with Crippen molar-refractivity contribution in [2.75, 3.05) is 6.61 Å². The van der Waals surface area contributed by atoms with Crippen LogP contribution in [0.15, 0.2) is 29.6 Å². The average molecular weight is 248 g/mol. The van der Waals surface area contributed by atoms with E-state index in [1.807, 2.05) is 29.6 Å². The van der Waals surface area contributed by atoms with E-state index in [-0.39, 0.29) is 12.2 Å². The molecule has 2 rings (SSSR count). The number of benzene rings is 1. The van der Waals surface area contributed by atoms with Gasteiger partial charge in [0.2, 0.25) is 0 Å². The van der Waals surface area contributed by atoms with E-state index >= 15 is 0 Å². The Morgan fingerprint density at radius 1 is 1.29 bits per heavy atom. The maximum absolute atomic E-state index is 11.9. The molecule has 2 aromatic rings. The third-order valence-corrected chi connectivity index (χ3v) is 3.43. The number of fused-ring (bicyclic) bond motifs is 1. The van der Waals surface area contributed by atoms with Gasteiger partial charge in [0.15, 0.2) is 5.78 Å². The monoisotopic (exact) mass is 248 g/mol. The number of carbonyl (C=O) groups is 2. The molecule has 1 heterocycles. The van der Waals surface area contributed by atoms with E-state index in [1.54, 1.807) is 6.92 Å². The molecule has 0 atom stereocenters. The van der Waals surface area contributed by atoms with E-state index in [0.717, 1.165) is 10.8 Å². The zero-order valence-electron chi connectivity index (χ0n) is 9.43. The number of thiophene rings is 1. The predicted molar refractivity (Wildman–Crippen MR) is 67.4 cm³/mol. The standard InChI is InChI=1S/C13H12O3S/c1-2-16-12(15)7-11(14)13-10-6-4-3-5-9(10)8-17-13/h3-6,8H,2,7H2,1H3. The molecule has 0 aliphatic carbocycles. The van der Waals surface area contributed by atoms with Crippen LogP contribution in [0, 0.1) is 0 Å². The molecule has 4 heteroatoms. The number of carbonyl (C=O) groups excluding carboxylic acids is 2. The first-order chi connectivity index (χ1) is 8.22. The first kappa shape index (κ1) is 11.8. The van der Waals surface area contributed by atoms with E-state index in [2.05, 4.69) is 0 Å². The second-order valence-corrected chi connectivity index (χ2v) is 4.44. The Bertz CT molecular complexity index is 557. The summed E-state index contributed by atoms with van der Waals surface area (Å²) in [5.74, 6) is -0.635. The van der Waals surface area contributed by atoms with E-state index in [0.29, 0.717) is 11.5 Å². The predicted octanol–water partition coefficient (Wildman–Crippen LogP) is 3.04. The highest BCUT2D eigenvalue weighted by atomic mass is 32.1. The summed E-state index contributed by atoms with van der Waals surface area (Å²) in [7, 11) is 0. The number of esters is 1. The summed E-state index contributed by atoms with van der Waals surface area (Å²) < 4.78 is 4.77. The Hall–Kier alpha value is -1.68. The molecule has 0 fully saturated rings. The molecule has 0 unspecified atom stereocenters. The molecule has 0 spiro atoms. The molecule has 0 aliphatic rings. The molecule has 1 aromatic heterocycles. The number of Topliss-reactive ketones (excluding diaryl/α,β-unsaturated/α-hetero) is 1. The SMILES string of the molecule is CCOC(=O)CC(=O)c1scc2ccccc12. The quantitative estimate of drug-likeness (QED) is 0.474. The fourth-order valence-corrected chi connectivity index (χ4v) is 2.60. The van der Waals surface area contributed by atoms with Crippen LogP contribution >= 0.6 is 11.3 Å². The summed E-state index contributed by atoms with van der Waals surface area (Å²) in [6.07, 6.45) is -0.182. The summed E-state index contributed by atoms with van der Waals surface area (Å²) in [5.41, 5.74) is 0. The summed E-state index contributed by atoms with van der Waals surface area (Å²) in [6, 6.07) is 7.65. The molecule has 0 bridgehead atoms. The van der Waals surface area contributed by atoms with Gasteiger partial charge in [-0.1, -0.05) is 24.3 Å². The molecule has 0 saturated carbocycles. The van der Waals surface area contributed by atoms with Crippen LogP contribution in [-0.2, 0) is 9.53 Å². The Morgan fingerprint density at radius 3 is 2.82 bits per heavy atom. The Labute approximate surface area is 103 Å². The fourth-order valence-electron chi connectivity index (χ4n) is 1.63. The normalized spacial score (nSPS) is 10.4. The van der Waals surface area contributed by atoms with Gasteiger partial charge in [0, 0.05) is 5.39 Å². The van der Waals surface area contributed by atoms with E-state index in [4.69, 9.17) is 4.74 Å². The first-order valence-electron chi connectivity index (χ1n) is 5.37. The van der Waals surface area contributed by atoms with Gasteiger partial charge >= 0.3 is 5.97 Å². The molecule has 0 saturated heterocycles. The number of hydrogen-bond donors (Lipinski definition) is 0.